The molecular formula is C31H64O2. The Balaban J connectivity index is 3.00. The van der Waals surface area contributed by atoms with Crippen molar-refractivity contribution in [2.24, 2.45) is 0 Å². The van der Waals surface area contributed by atoms with Crippen molar-refractivity contribution >= 4 is 0 Å². The van der Waals surface area contributed by atoms with Gasteiger partial charge in [-0.1, -0.05) is 180 Å². The summed E-state index contributed by atoms with van der Waals surface area (Å²) in [6.45, 7) is 2.30. The second-order valence-corrected chi connectivity index (χ2v) is 10.8. The fourth-order valence-electron chi connectivity index (χ4n) is 5.00. The van der Waals surface area contributed by atoms with Gasteiger partial charge in [0.25, 0.3) is 0 Å². The van der Waals surface area contributed by atoms with Crippen molar-refractivity contribution in [2.45, 2.75) is 199 Å². The third-order valence-corrected chi connectivity index (χ3v) is 7.32. The van der Waals surface area contributed by atoms with Crippen molar-refractivity contribution in [3.8, 4) is 0 Å². The Morgan fingerprint density at radius 3 is 0.667 bits per heavy atom. The summed E-state index contributed by atoms with van der Waals surface area (Å²) in [6, 6.07) is 0. The Morgan fingerprint density at radius 2 is 0.485 bits per heavy atom. The number of aliphatic hydroxyl groups excluding tert-OH is 1. The van der Waals surface area contributed by atoms with Crippen LogP contribution >= 0.6 is 0 Å². The van der Waals surface area contributed by atoms with E-state index in [0.29, 0.717) is 6.42 Å². The number of hydrogen-bond donors (Lipinski definition) is 2. The minimum atomic E-state index is -1.10. The highest BCUT2D eigenvalue weighted by Crippen LogP contribution is 2.16. The lowest BCUT2D eigenvalue weighted by Gasteiger charge is -2.05. The third kappa shape index (κ3) is 31.9. The van der Waals surface area contributed by atoms with Crippen LogP contribution in [0.2, 0.25) is 0 Å². The van der Waals surface area contributed by atoms with E-state index in [1.165, 1.54) is 167 Å². The molecule has 0 aliphatic rings. The van der Waals surface area contributed by atoms with E-state index < -0.39 is 6.29 Å². The molecule has 2 nitrogen and oxygen atoms in total. The average Bonchev–Trinajstić information content (AvgIpc) is 2.80. The third-order valence-electron chi connectivity index (χ3n) is 7.32. The quantitative estimate of drug-likeness (QED) is 0.0846. The van der Waals surface area contributed by atoms with E-state index in [1.807, 2.05) is 0 Å². The molecule has 0 rings (SSSR count). The van der Waals surface area contributed by atoms with Crippen LogP contribution in [0.15, 0.2) is 0 Å². The van der Waals surface area contributed by atoms with Gasteiger partial charge in [0.2, 0.25) is 0 Å². The fraction of sp³-hybridized carbons (Fsp3) is 1.00. The fourth-order valence-corrected chi connectivity index (χ4v) is 5.00. The predicted octanol–water partition coefficient (Wildman–Crippen LogP) is 10.6. The van der Waals surface area contributed by atoms with Crippen molar-refractivity contribution in [1.29, 1.82) is 0 Å². The van der Waals surface area contributed by atoms with Gasteiger partial charge in [-0.15, -0.1) is 0 Å². The van der Waals surface area contributed by atoms with Crippen LogP contribution in [0, 0.1) is 0 Å². The lowest BCUT2D eigenvalue weighted by Crippen LogP contribution is -2.02. The Labute approximate surface area is 209 Å². The van der Waals surface area contributed by atoms with E-state index in [-0.39, 0.29) is 0 Å². The molecule has 0 saturated carbocycles. The Kier molecular flexibility index (Phi) is 29.9. The minimum absolute atomic E-state index is 0.541. The summed E-state index contributed by atoms with van der Waals surface area (Å²) >= 11 is 0. The molecule has 0 spiro atoms. The molecule has 33 heavy (non-hydrogen) atoms. The SMILES string of the molecule is CCCCCCCCCCCCCCCCCCCCCCCCCCCCCCC(O)O. The molecule has 0 aliphatic heterocycles. The molecule has 0 atom stereocenters. The topological polar surface area (TPSA) is 40.5 Å². The first-order valence-corrected chi connectivity index (χ1v) is 15.6. The first-order valence-electron chi connectivity index (χ1n) is 15.6. The number of unbranched alkanes of at least 4 members (excludes halogenated alkanes) is 27. The van der Waals surface area contributed by atoms with Crippen molar-refractivity contribution in [3.05, 3.63) is 0 Å². The monoisotopic (exact) mass is 468 g/mol. The zero-order chi connectivity index (χ0) is 24.1. The van der Waals surface area contributed by atoms with Gasteiger partial charge in [-0.3, -0.25) is 0 Å². The van der Waals surface area contributed by atoms with Gasteiger partial charge in [0.15, 0.2) is 6.29 Å². The molecule has 2 heteroatoms. The summed E-state index contributed by atoms with van der Waals surface area (Å²) in [5, 5.41) is 17.6. The molecule has 200 valence electrons. The maximum absolute atomic E-state index is 8.80. The molecule has 0 unspecified atom stereocenters. The van der Waals surface area contributed by atoms with Crippen molar-refractivity contribution in [3.63, 3.8) is 0 Å². The van der Waals surface area contributed by atoms with E-state index >= 15 is 0 Å². The van der Waals surface area contributed by atoms with Crippen LogP contribution in [0.1, 0.15) is 193 Å². The molecule has 0 aliphatic carbocycles. The van der Waals surface area contributed by atoms with Crippen LogP contribution in [-0.2, 0) is 0 Å². The zero-order valence-electron chi connectivity index (χ0n) is 23.0. The van der Waals surface area contributed by atoms with Crippen LogP contribution in [0.3, 0.4) is 0 Å². The predicted molar refractivity (Wildman–Crippen MR) is 148 cm³/mol. The summed E-state index contributed by atoms with van der Waals surface area (Å²) in [6.07, 6.45) is 38.9. The molecule has 0 aromatic carbocycles. The van der Waals surface area contributed by atoms with Crippen LogP contribution < -0.4 is 0 Å². The van der Waals surface area contributed by atoms with E-state index in [1.54, 1.807) is 0 Å². The van der Waals surface area contributed by atoms with Crippen molar-refractivity contribution < 1.29 is 10.2 Å². The lowest BCUT2D eigenvalue weighted by atomic mass is 10.0. The van der Waals surface area contributed by atoms with E-state index in [0.717, 1.165) is 12.8 Å². The van der Waals surface area contributed by atoms with Crippen LogP contribution in [0.5, 0.6) is 0 Å². The van der Waals surface area contributed by atoms with Gasteiger partial charge >= 0.3 is 0 Å². The molecule has 2 N–H and O–H groups in total. The van der Waals surface area contributed by atoms with Gasteiger partial charge in [-0.05, 0) is 12.8 Å². The van der Waals surface area contributed by atoms with Crippen molar-refractivity contribution in [2.75, 3.05) is 0 Å². The summed E-state index contributed by atoms with van der Waals surface area (Å²) in [5.74, 6) is 0. The first kappa shape index (κ1) is 32.9. The summed E-state index contributed by atoms with van der Waals surface area (Å²) in [5.41, 5.74) is 0. The molecule has 0 saturated heterocycles. The molecule has 0 bridgehead atoms. The lowest BCUT2D eigenvalue weighted by molar-refractivity contribution is -0.0466. The number of rotatable bonds is 29. The smallest absolute Gasteiger partial charge is 0.151 e. The summed E-state index contributed by atoms with van der Waals surface area (Å²) in [4.78, 5) is 0. The van der Waals surface area contributed by atoms with Gasteiger partial charge in [0, 0.05) is 0 Å². The van der Waals surface area contributed by atoms with Gasteiger partial charge in [0.1, 0.15) is 0 Å². The van der Waals surface area contributed by atoms with Gasteiger partial charge in [-0.2, -0.15) is 0 Å². The molecular weight excluding hydrogens is 404 g/mol. The largest absolute Gasteiger partial charge is 0.368 e. The second-order valence-electron chi connectivity index (χ2n) is 10.8. The van der Waals surface area contributed by atoms with E-state index in [2.05, 4.69) is 6.92 Å². The minimum Gasteiger partial charge on any atom is -0.368 e. The van der Waals surface area contributed by atoms with Crippen LogP contribution in [0.25, 0.3) is 0 Å². The van der Waals surface area contributed by atoms with E-state index in [9.17, 15) is 0 Å². The molecule has 0 radical (unpaired) electrons. The molecule has 0 aromatic heterocycles. The highest BCUT2D eigenvalue weighted by atomic mass is 16.5. The van der Waals surface area contributed by atoms with E-state index in [4.69, 9.17) is 10.2 Å². The van der Waals surface area contributed by atoms with Crippen LogP contribution in [0.4, 0.5) is 0 Å². The second kappa shape index (κ2) is 30.0. The normalized spacial score (nSPS) is 11.6. The average molecular weight is 469 g/mol. The summed E-state index contributed by atoms with van der Waals surface area (Å²) < 4.78 is 0. The van der Waals surface area contributed by atoms with Gasteiger partial charge in [-0.25, -0.2) is 0 Å². The standard InChI is InChI=1S/C31H64O2/c1-2-3-4-5-6-7-8-9-10-11-12-13-14-15-16-17-18-19-20-21-22-23-24-25-26-27-28-29-30-31(32)33/h31-33H,2-30H2,1H3. The molecule has 0 fully saturated rings. The van der Waals surface area contributed by atoms with Crippen molar-refractivity contribution in [1.82, 2.24) is 0 Å². The maximum atomic E-state index is 8.80. The number of aliphatic hydroxyl groups is 2. The highest BCUT2D eigenvalue weighted by Gasteiger charge is 1.98. The maximum Gasteiger partial charge on any atom is 0.151 e. The molecule has 0 amide bonds. The highest BCUT2D eigenvalue weighted by molar-refractivity contribution is 4.52. The number of hydrogen-bond acceptors (Lipinski definition) is 2. The summed E-state index contributed by atoms with van der Waals surface area (Å²) in [7, 11) is 0. The van der Waals surface area contributed by atoms with Crippen LogP contribution in [-0.4, -0.2) is 16.5 Å². The molecule has 0 aromatic rings. The Morgan fingerprint density at radius 1 is 0.303 bits per heavy atom. The Bertz CT molecular complexity index is 329. The Hall–Kier alpha value is -0.0800. The zero-order valence-corrected chi connectivity index (χ0v) is 23.0. The van der Waals surface area contributed by atoms with Gasteiger partial charge < -0.3 is 10.2 Å². The first-order chi connectivity index (χ1) is 16.3. The molecule has 0 heterocycles. The van der Waals surface area contributed by atoms with Gasteiger partial charge in [0.05, 0.1) is 0 Å².